The van der Waals surface area contributed by atoms with Crippen molar-refractivity contribution in [1.29, 1.82) is 0 Å². The monoisotopic (exact) mass is 357 g/mol. The van der Waals surface area contributed by atoms with Gasteiger partial charge in [-0.3, -0.25) is 14.5 Å². The van der Waals surface area contributed by atoms with Gasteiger partial charge in [0.2, 0.25) is 5.91 Å². The molecule has 130 valence electrons. The molecular formula is C18H19N3O3S. The molecule has 0 saturated heterocycles. The van der Waals surface area contributed by atoms with Crippen molar-refractivity contribution in [2.24, 2.45) is 0 Å². The molecule has 7 heteroatoms. The number of pyridine rings is 1. The molecule has 0 aliphatic carbocycles. The number of nitrogens with zero attached hydrogens (tertiary/aromatic N) is 3. The lowest BCUT2D eigenvalue weighted by Crippen LogP contribution is -2.35. The maximum Gasteiger partial charge on any atom is 0.250 e. The highest BCUT2D eigenvalue weighted by molar-refractivity contribution is 7.22. The van der Waals surface area contributed by atoms with E-state index in [2.05, 4.69) is 4.98 Å². The Balaban J connectivity index is 1.78. The molecule has 0 saturated carbocycles. The Labute approximate surface area is 149 Å². The molecule has 0 unspecified atom stereocenters. The Kier molecular flexibility index (Phi) is 5.57. The molecule has 0 radical (unpaired) electrons. The van der Waals surface area contributed by atoms with E-state index in [0.717, 1.165) is 10.2 Å². The molecule has 0 atom stereocenters. The molecule has 0 aliphatic heterocycles. The lowest BCUT2D eigenvalue weighted by Gasteiger charge is -2.19. The maximum absolute atomic E-state index is 12.7. The second kappa shape index (κ2) is 8.04. The molecule has 0 aliphatic rings. The van der Waals surface area contributed by atoms with Crippen LogP contribution in [0.2, 0.25) is 0 Å². The van der Waals surface area contributed by atoms with Crippen LogP contribution in [0, 0.1) is 0 Å². The average Bonchev–Trinajstić information content (AvgIpc) is 3.05. The van der Waals surface area contributed by atoms with Gasteiger partial charge in [-0.25, -0.2) is 4.98 Å². The summed E-state index contributed by atoms with van der Waals surface area (Å²) in [6.07, 6.45) is 1.91. The third-order valence-corrected chi connectivity index (χ3v) is 4.86. The molecular weight excluding hydrogens is 338 g/mol. The summed E-state index contributed by atoms with van der Waals surface area (Å²) in [5.41, 5.74) is 0.760. The SMILES string of the molecule is COCCN(C(=O)CCn1ccccc1=O)c1nc2ccccc2s1. The number of aromatic nitrogens is 2. The minimum Gasteiger partial charge on any atom is -0.383 e. The average molecular weight is 357 g/mol. The largest absolute Gasteiger partial charge is 0.383 e. The summed E-state index contributed by atoms with van der Waals surface area (Å²) in [5, 5.41) is 0.656. The van der Waals surface area contributed by atoms with Gasteiger partial charge in [0.25, 0.3) is 5.56 Å². The number of carbonyl (C=O) groups excluding carboxylic acids is 1. The van der Waals surface area contributed by atoms with Gasteiger partial charge in [0.15, 0.2) is 5.13 Å². The Morgan fingerprint density at radius 1 is 1.24 bits per heavy atom. The standard InChI is InChI=1S/C18H19N3O3S/c1-24-13-12-21(18-19-14-6-2-3-7-15(14)25-18)17(23)9-11-20-10-5-4-8-16(20)22/h2-8,10H,9,11-13H2,1H3. The van der Waals surface area contributed by atoms with E-state index in [9.17, 15) is 9.59 Å². The first kappa shape index (κ1) is 17.3. The van der Waals surface area contributed by atoms with Crippen molar-refractivity contribution in [3.63, 3.8) is 0 Å². The van der Waals surface area contributed by atoms with Gasteiger partial charge in [-0.1, -0.05) is 29.5 Å². The third kappa shape index (κ3) is 4.12. The predicted molar refractivity (Wildman–Crippen MR) is 99.2 cm³/mol. The van der Waals surface area contributed by atoms with Crippen LogP contribution in [0.15, 0.2) is 53.5 Å². The molecule has 1 amide bonds. The normalized spacial score (nSPS) is 10.9. The van der Waals surface area contributed by atoms with Crippen LogP contribution >= 0.6 is 11.3 Å². The summed E-state index contributed by atoms with van der Waals surface area (Å²) in [6.45, 7) is 1.19. The summed E-state index contributed by atoms with van der Waals surface area (Å²) in [5.74, 6) is -0.0770. The van der Waals surface area contributed by atoms with E-state index in [0.29, 0.717) is 24.8 Å². The number of carbonyl (C=O) groups is 1. The fourth-order valence-electron chi connectivity index (χ4n) is 2.48. The number of fused-ring (bicyclic) bond motifs is 1. The molecule has 6 nitrogen and oxygen atoms in total. The van der Waals surface area contributed by atoms with Crippen molar-refractivity contribution in [2.75, 3.05) is 25.2 Å². The summed E-state index contributed by atoms with van der Waals surface area (Å²) in [6, 6.07) is 12.7. The number of hydrogen-bond acceptors (Lipinski definition) is 5. The third-order valence-electron chi connectivity index (χ3n) is 3.80. The van der Waals surface area contributed by atoms with Gasteiger partial charge in [0.05, 0.1) is 23.4 Å². The Hall–Kier alpha value is -2.51. The van der Waals surface area contributed by atoms with Crippen molar-refractivity contribution < 1.29 is 9.53 Å². The number of amides is 1. The summed E-state index contributed by atoms with van der Waals surface area (Å²) in [7, 11) is 1.60. The molecule has 2 aromatic heterocycles. The number of thiazole rings is 1. The highest BCUT2D eigenvalue weighted by atomic mass is 32.1. The number of anilines is 1. The minimum absolute atomic E-state index is 0.0770. The first-order chi connectivity index (χ1) is 12.2. The molecule has 0 fully saturated rings. The second-order valence-electron chi connectivity index (χ2n) is 5.48. The molecule has 3 rings (SSSR count). The van der Waals surface area contributed by atoms with Crippen molar-refractivity contribution in [2.45, 2.75) is 13.0 Å². The van der Waals surface area contributed by atoms with Crippen molar-refractivity contribution in [3.05, 3.63) is 59.0 Å². The van der Waals surface area contributed by atoms with Crippen molar-refractivity contribution >= 4 is 32.6 Å². The highest BCUT2D eigenvalue weighted by Gasteiger charge is 2.19. The van der Waals surface area contributed by atoms with Gasteiger partial charge < -0.3 is 9.30 Å². The first-order valence-corrected chi connectivity index (χ1v) is 8.81. The van der Waals surface area contributed by atoms with E-state index < -0.39 is 0 Å². The number of aryl methyl sites for hydroxylation is 1. The molecule has 2 heterocycles. The first-order valence-electron chi connectivity index (χ1n) is 7.99. The van der Waals surface area contributed by atoms with Crippen LogP contribution in [-0.4, -0.2) is 35.7 Å². The number of ether oxygens (including phenoxy) is 1. The quantitative estimate of drug-likeness (QED) is 0.652. The zero-order valence-corrected chi connectivity index (χ0v) is 14.7. The van der Waals surface area contributed by atoms with E-state index in [4.69, 9.17) is 4.74 Å². The van der Waals surface area contributed by atoms with E-state index in [1.54, 1.807) is 30.3 Å². The predicted octanol–water partition coefficient (Wildman–Crippen LogP) is 2.53. The van der Waals surface area contributed by atoms with Crippen LogP contribution in [0.25, 0.3) is 10.2 Å². The van der Waals surface area contributed by atoms with E-state index in [-0.39, 0.29) is 17.9 Å². The summed E-state index contributed by atoms with van der Waals surface area (Å²) < 4.78 is 7.69. The fourth-order valence-corrected chi connectivity index (χ4v) is 3.49. The zero-order chi connectivity index (χ0) is 17.6. The van der Waals surface area contributed by atoms with Crippen LogP contribution in [0.1, 0.15) is 6.42 Å². The van der Waals surface area contributed by atoms with Crippen LogP contribution in [-0.2, 0) is 16.1 Å². The molecule has 0 spiro atoms. The van der Waals surface area contributed by atoms with E-state index >= 15 is 0 Å². The zero-order valence-electron chi connectivity index (χ0n) is 13.9. The lowest BCUT2D eigenvalue weighted by molar-refractivity contribution is -0.119. The highest BCUT2D eigenvalue weighted by Crippen LogP contribution is 2.28. The lowest BCUT2D eigenvalue weighted by atomic mass is 10.3. The fraction of sp³-hybridized carbons (Fsp3) is 0.278. The second-order valence-corrected chi connectivity index (χ2v) is 6.49. The summed E-state index contributed by atoms with van der Waals surface area (Å²) in [4.78, 5) is 30.7. The maximum atomic E-state index is 12.7. The molecule has 25 heavy (non-hydrogen) atoms. The van der Waals surface area contributed by atoms with E-state index in [1.165, 1.54) is 22.0 Å². The van der Waals surface area contributed by atoms with Gasteiger partial charge in [-0.05, 0) is 18.2 Å². The Bertz CT molecular complexity index is 886. The van der Waals surface area contributed by atoms with Crippen LogP contribution in [0.5, 0.6) is 0 Å². The van der Waals surface area contributed by atoms with Gasteiger partial charge in [0, 0.05) is 32.3 Å². The number of methoxy groups -OCH3 is 1. The van der Waals surface area contributed by atoms with E-state index in [1.807, 2.05) is 24.3 Å². The summed E-state index contributed by atoms with van der Waals surface area (Å²) >= 11 is 1.48. The van der Waals surface area contributed by atoms with Gasteiger partial charge >= 0.3 is 0 Å². The van der Waals surface area contributed by atoms with Crippen molar-refractivity contribution in [1.82, 2.24) is 9.55 Å². The molecule has 1 aromatic carbocycles. The smallest absolute Gasteiger partial charge is 0.250 e. The molecule has 0 bridgehead atoms. The van der Waals surface area contributed by atoms with Gasteiger partial charge in [-0.2, -0.15) is 0 Å². The number of rotatable bonds is 7. The number of benzene rings is 1. The number of hydrogen-bond donors (Lipinski definition) is 0. The Morgan fingerprint density at radius 3 is 2.80 bits per heavy atom. The molecule has 0 N–H and O–H groups in total. The van der Waals surface area contributed by atoms with Gasteiger partial charge in [-0.15, -0.1) is 0 Å². The number of para-hydroxylation sites is 1. The van der Waals surface area contributed by atoms with Crippen LogP contribution < -0.4 is 10.5 Å². The van der Waals surface area contributed by atoms with Crippen LogP contribution in [0.4, 0.5) is 5.13 Å². The Morgan fingerprint density at radius 2 is 2.04 bits per heavy atom. The van der Waals surface area contributed by atoms with Crippen molar-refractivity contribution in [3.8, 4) is 0 Å². The minimum atomic E-state index is -0.112. The van der Waals surface area contributed by atoms with Crippen LogP contribution in [0.3, 0.4) is 0 Å². The van der Waals surface area contributed by atoms with Gasteiger partial charge in [0.1, 0.15) is 0 Å². The molecule has 3 aromatic rings. The topological polar surface area (TPSA) is 64.4 Å².